The Hall–Kier alpha value is -5.68. The third kappa shape index (κ3) is 7.71. The number of benzene rings is 4. The monoisotopic (exact) mass is 1040 g/mol. The van der Waals surface area contributed by atoms with Gasteiger partial charge in [0.1, 0.15) is 0 Å². The number of aryl methyl sites for hydroxylation is 4. The largest absolute Gasteiger partial charge is 0.380 e. The molecule has 0 nitrogen and oxygen atoms in total. The first-order valence-corrected chi connectivity index (χ1v) is 24.6. The van der Waals surface area contributed by atoms with Crippen LogP contribution in [0.3, 0.4) is 0 Å². The highest BCUT2D eigenvalue weighted by Gasteiger charge is 2.81. The molecule has 8 aromatic rings. The highest BCUT2D eigenvalue weighted by Crippen LogP contribution is 2.68. The normalized spacial score (nSPS) is 18.3. The molecule has 0 atom stereocenters. The van der Waals surface area contributed by atoms with Gasteiger partial charge in [-0.25, -0.2) is 0 Å². The van der Waals surface area contributed by atoms with Crippen LogP contribution >= 0.6 is 45.3 Å². The summed E-state index contributed by atoms with van der Waals surface area (Å²) in [6, 6.07) is 40.4. The zero-order valence-corrected chi connectivity index (χ0v) is 40.3. The first kappa shape index (κ1) is 49.3. The van der Waals surface area contributed by atoms with Gasteiger partial charge >= 0.3 is 35.5 Å². The van der Waals surface area contributed by atoms with E-state index in [4.69, 9.17) is 0 Å². The van der Waals surface area contributed by atoms with Crippen LogP contribution in [0.4, 0.5) is 52.7 Å². The van der Waals surface area contributed by atoms with Crippen molar-refractivity contribution < 1.29 is 52.7 Å². The summed E-state index contributed by atoms with van der Waals surface area (Å²) in [5.41, 5.74) is -3.58. The Balaban J connectivity index is 0.000000174. The lowest BCUT2D eigenvalue weighted by molar-refractivity contribution is -0.254. The minimum Gasteiger partial charge on any atom is -0.194 e. The lowest BCUT2D eigenvalue weighted by Gasteiger charge is -2.25. The lowest BCUT2D eigenvalue weighted by Crippen LogP contribution is -2.48. The van der Waals surface area contributed by atoms with Crippen LogP contribution in [0.1, 0.15) is 41.8 Å². The van der Waals surface area contributed by atoms with Crippen molar-refractivity contribution in [1.29, 1.82) is 0 Å². The van der Waals surface area contributed by atoms with E-state index in [2.05, 4.69) is 0 Å². The molecule has 16 heteroatoms. The summed E-state index contributed by atoms with van der Waals surface area (Å²) in [4.78, 5) is 3.19. The van der Waals surface area contributed by atoms with Gasteiger partial charge in [0.2, 0.25) is 0 Å². The van der Waals surface area contributed by atoms with Gasteiger partial charge in [-0.05, 0) is 96.5 Å². The van der Waals surface area contributed by atoms with Crippen LogP contribution in [0.5, 0.6) is 0 Å². The summed E-state index contributed by atoms with van der Waals surface area (Å²) in [5.74, 6) is -31.4. The second-order valence-electron chi connectivity index (χ2n) is 16.7. The molecule has 0 aliphatic heterocycles. The number of hydrogen-bond acceptors (Lipinski definition) is 4. The first-order valence-electron chi connectivity index (χ1n) is 21.4. The van der Waals surface area contributed by atoms with Crippen LogP contribution in [0.25, 0.3) is 64.1 Å². The van der Waals surface area contributed by atoms with E-state index < -0.39 is 57.8 Å². The average Bonchev–Trinajstić information content (AvgIpc) is 4.15. The smallest absolute Gasteiger partial charge is 0.194 e. The molecule has 4 aromatic carbocycles. The summed E-state index contributed by atoms with van der Waals surface area (Å²) < 4.78 is 181. The predicted octanol–water partition coefficient (Wildman–Crippen LogP) is 19.2. The van der Waals surface area contributed by atoms with Crippen molar-refractivity contribution in [3.05, 3.63) is 187 Å². The van der Waals surface area contributed by atoms with Crippen LogP contribution in [0.15, 0.2) is 146 Å². The van der Waals surface area contributed by atoms with Crippen molar-refractivity contribution in [2.45, 2.75) is 63.2 Å². The van der Waals surface area contributed by atoms with E-state index in [1.807, 2.05) is 0 Å². The molecule has 10 rings (SSSR count). The van der Waals surface area contributed by atoms with Crippen molar-refractivity contribution in [2.75, 3.05) is 0 Å². The number of alkyl halides is 12. The highest BCUT2D eigenvalue weighted by molar-refractivity contribution is 7.16. The fourth-order valence-electron chi connectivity index (χ4n) is 8.77. The maximum absolute atomic E-state index is 15.3. The molecular formula is C54H36F12S4. The highest BCUT2D eigenvalue weighted by atomic mass is 32.1. The Morgan fingerprint density at radius 1 is 0.271 bits per heavy atom. The van der Waals surface area contributed by atoms with Gasteiger partial charge in [-0.1, -0.05) is 121 Å². The van der Waals surface area contributed by atoms with Crippen LogP contribution < -0.4 is 0 Å². The first-order chi connectivity index (χ1) is 32.9. The van der Waals surface area contributed by atoms with Crippen molar-refractivity contribution >= 4 is 67.6 Å². The third-order valence-electron chi connectivity index (χ3n) is 12.3. The molecule has 0 bridgehead atoms. The minimum atomic E-state index is -5.58. The van der Waals surface area contributed by atoms with Crippen molar-refractivity contribution in [3.63, 3.8) is 0 Å². The second kappa shape index (κ2) is 17.6. The van der Waals surface area contributed by atoms with E-state index in [1.54, 1.807) is 121 Å². The Bertz CT molecular complexity index is 2860. The fraction of sp³-hybridized carbons (Fsp3) is 0.185. The van der Waals surface area contributed by atoms with Gasteiger partial charge < -0.3 is 0 Å². The topological polar surface area (TPSA) is 0 Å². The predicted molar refractivity (Wildman–Crippen MR) is 261 cm³/mol. The number of allylic oxidation sites excluding steroid dienone is 4. The molecule has 4 heterocycles. The molecule has 0 N–H and O–H groups in total. The van der Waals surface area contributed by atoms with E-state index in [0.29, 0.717) is 41.8 Å². The molecular weight excluding hydrogens is 1000 g/mol. The second-order valence-corrected chi connectivity index (χ2v) is 21.8. The molecule has 4 aromatic heterocycles. The number of hydrogen-bond donors (Lipinski definition) is 0. The van der Waals surface area contributed by atoms with E-state index in [-0.39, 0.29) is 41.8 Å². The number of halogens is 12. The SMILES string of the molecule is Cc1sc(-c2ccccc2)cc1C1=C(c2cc(-c3ccccc3)sc2C)C(F)(F)C(F)(F)C1(F)F.Cc1sc(-c2ccccc2)cc1C1=C(c2cc(-c3ccccc3)sc2C)C(F)(F)C(F)(F)C1(F)F. The molecule has 360 valence electrons. The lowest BCUT2D eigenvalue weighted by atomic mass is 9.94. The summed E-state index contributed by atoms with van der Waals surface area (Å²) in [7, 11) is 0. The zero-order chi connectivity index (χ0) is 50.3. The number of thiophene rings is 4. The molecule has 2 aliphatic carbocycles. The van der Waals surface area contributed by atoms with Crippen LogP contribution in [-0.4, -0.2) is 35.5 Å². The Morgan fingerprint density at radius 3 is 0.614 bits per heavy atom. The molecule has 0 saturated carbocycles. The van der Waals surface area contributed by atoms with Crippen LogP contribution in [0.2, 0.25) is 0 Å². The maximum atomic E-state index is 15.3. The van der Waals surface area contributed by atoms with Crippen LogP contribution in [0, 0.1) is 27.7 Å². The van der Waals surface area contributed by atoms with Gasteiger partial charge in [-0.15, -0.1) is 45.3 Å². The number of rotatable bonds is 8. The van der Waals surface area contributed by atoms with Crippen molar-refractivity contribution in [2.24, 2.45) is 0 Å². The molecule has 0 spiro atoms. The molecule has 0 amide bonds. The quantitative estimate of drug-likeness (QED) is 0.133. The Morgan fingerprint density at radius 2 is 0.443 bits per heavy atom. The summed E-state index contributed by atoms with van der Waals surface area (Å²) >= 11 is 4.42. The Labute approximate surface area is 410 Å². The van der Waals surface area contributed by atoms with Gasteiger partial charge in [-0.3, -0.25) is 0 Å². The third-order valence-corrected chi connectivity index (χ3v) is 16.7. The Kier molecular flexibility index (Phi) is 12.4. The maximum Gasteiger partial charge on any atom is 0.380 e. The molecule has 0 saturated heterocycles. The van der Waals surface area contributed by atoms with E-state index in [1.165, 1.54) is 52.0 Å². The molecule has 70 heavy (non-hydrogen) atoms. The summed E-state index contributed by atoms with van der Waals surface area (Å²) in [5, 5.41) is 0. The van der Waals surface area contributed by atoms with Gasteiger partial charge in [-0.2, -0.15) is 52.7 Å². The fourth-order valence-corrected chi connectivity index (χ4v) is 12.9. The van der Waals surface area contributed by atoms with E-state index in [9.17, 15) is 17.6 Å². The van der Waals surface area contributed by atoms with E-state index in [0.717, 1.165) is 45.3 Å². The van der Waals surface area contributed by atoms with Gasteiger partial charge in [0.05, 0.1) is 0 Å². The van der Waals surface area contributed by atoms with Crippen LogP contribution in [-0.2, 0) is 0 Å². The molecule has 0 fully saturated rings. The van der Waals surface area contributed by atoms with Gasteiger partial charge in [0.15, 0.2) is 0 Å². The molecule has 0 unspecified atom stereocenters. The minimum absolute atomic E-state index is 0.265. The van der Waals surface area contributed by atoms with E-state index >= 15 is 35.1 Å². The van der Waals surface area contributed by atoms with Gasteiger partial charge in [0, 0.05) is 61.3 Å². The van der Waals surface area contributed by atoms with Crippen molar-refractivity contribution in [3.8, 4) is 41.8 Å². The standard InChI is InChI=1S/2C27H18F6S2/c2*1-15-19(13-21(34-15)17-9-5-3-6-10-17)23-24(26(30,31)27(32,33)25(23,28)29)20-14-22(35-16(20)2)18-11-7-4-8-12-18/h2*3-14H,1-2H3. The van der Waals surface area contributed by atoms with Crippen molar-refractivity contribution in [1.82, 2.24) is 0 Å². The average molecular weight is 1040 g/mol. The summed E-state index contributed by atoms with van der Waals surface area (Å²) in [6.45, 7) is 5.93. The molecule has 2 aliphatic rings. The molecule has 0 radical (unpaired) electrons. The summed E-state index contributed by atoms with van der Waals surface area (Å²) in [6.07, 6.45) is 0. The van der Waals surface area contributed by atoms with Gasteiger partial charge in [0.25, 0.3) is 0 Å². The zero-order valence-electron chi connectivity index (χ0n) is 37.0.